The lowest BCUT2D eigenvalue weighted by Crippen LogP contribution is -2.62. The van der Waals surface area contributed by atoms with Crippen LogP contribution in [0.1, 0.15) is 46.0 Å². The van der Waals surface area contributed by atoms with E-state index in [9.17, 15) is 30.6 Å². The van der Waals surface area contributed by atoms with Gasteiger partial charge >= 0.3 is 0 Å². The monoisotopic (exact) mass is 525 g/mol. The summed E-state index contributed by atoms with van der Waals surface area (Å²) in [5.41, 5.74) is 5.51. The molecule has 3 heterocycles. The molecule has 3 aliphatic heterocycles. The van der Waals surface area contributed by atoms with Crippen LogP contribution in [0.3, 0.4) is 0 Å². The van der Waals surface area contributed by atoms with Gasteiger partial charge < -0.3 is 64.8 Å². The van der Waals surface area contributed by atoms with E-state index in [1.165, 1.54) is 0 Å². The molecule has 3 rings (SSSR count). The summed E-state index contributed by atoms with van der Waals surface area (Å²) in [7, 11) is 0. The first-order valence-corrected chi connectivity index (χ1v) is 12.8. The number of unbranched alkanes of at least 4 members (excludes halogenated alkanes) is 2. The molecular formula is C23H43NO12. The average molecular weight is 526 g/mol. The fourth-order valence-electron chi connectivity index (χ4n) is 4.47. The number of ether oxygens (including phenoxy) is 6. The Hall–Kier alpha value is -0.520. The van der Waals surface area contributed by atoms with Gasteiger partial charge in [-0.05, 0) is 39.7 Å². The van der Waals surface area contributed by atoms with Gasteiger partial charge in [-0.25, -0.2) is 0 Å². The van der Waals surface area contributed by atoms with Crippen LogP contribution < -0.4 is 5.73 Å². The lowest BCUT2D eigenvalue weighted by atomic mass is 9.98. The standard InChI is InChI=1S/C23H43NO12/c1-11-13(25)8-15(27)21(33-11)32-10-17-18(29)20(36-22-16(28)9-14(26)12(2)34-22)19(30)23(35-17)31-7-5-3-4-6-24/h11-23,25-30H,3-10,24H2,1-2H3/t11-,12-,13-,14-,15-,16-,17-,18-,19-,20+,21+,22-,23+/m1/s1. The van der Waals surface area contributed by atoms with E-state index in [0.717, 1.165) is 12.8 Å². The van der Waals surface area contributed by atoms with Crippen molar-refractivity contribution in [1.82, 2.24) is 0 Å². The fourth-order valence-corrected chi connectivity index (χ4v) is 4.47. The van der Waals surface area contributed by atoms with E-state index in [2.05, 4.69) is 0 Å². The number of rotatable bonds is 11. The maximum Gasteiger partial charge on any atom is 0.186 e. The number of nitrogens with two attached hydrogens (primary N) is 1. The van der Waals surface area contributed by atoms with Crippen molar-refractivity contribution >= 4 is 0 Å². The first kappa shape index (κ1) is 30.0. The number of hydrogen-bond donors (Lipinski definition) is 7. The van der Waals surface area contributed by atoms with Crippen LogP contribution in [0.2, 0.25) is 0 Å². The Morgan fingerprint density at radius 2 is 1.31 bits per heavy atom. The van der Waals surface area contributed by atoms with Crippen molar-refractivity contribution in [2.24, 2.45) is 5.73 Å². The van der Waals surface area contributed by atoms with Crippen molar-refractivity contribution in [3.8, 4) is 0 Å². The topological polar surface area (TPSA) is 203 Å². The van der Waals surface area contributed by atoms with Crippen molar-refractivity contribution in [2.45, 2.75) is 126 Å². The van der Waals surface area contributed by atoms with Gasteiger partial charge in [0.1, 0.15) is 36.6 Å². The van der Waals surface area contributed by atoms with Gasteiger partial charge in [0.2, 0.25) is 0 Å². The third-order valence-electron chi connectivity index (χ3n) is 6.86. The molecule has 0 saturated carbocycles. The molecule has 0 unspecified atom stereocenters. The summed E-state index contributed by atoms with van der Waals surface area (Å²) in [6.07, 6.45) is -11.3. The average Bonchev–Trinajstić information content (AvgIpc) is 2.83. The van der Waals surface area contributed by atoms with Crippen LogP contribution in [0, 0.1) is 0 Å². The molecule has 0 aliphatic carbocycles. The molecule has 13 heteroatoms. The third-order valence-corrected chi connectivity index (χ3v) is 6.86. The van der Waals surface area contributed by atoms with E-state index < -0.39 is 79.9 Å². The molecular weight excluding hydrogens is 482 g/mol. The van der Waals surface area contributed by atoms with Crippen molar-refractivity contribution in [2.75, 3.05) is 19.8 Å². The van der Waals surface area contributed by atoms with Crippen LogP contribution in [-0.2, 0) is 28.4 Å². The lowest BCUT2D eigenvalue weighted by Gasteiger charge is -2.45. The Kier molecular flexibility index (Phi) is 11.7. The molecule has 0 bridgehead atoms. The van der Waals surface area contributed by atoms with Crippen molar-refractivity contribution in [1.29, 1.82) is 0 Å². The summed E-state index contributed by atoms with van der Waals surface area (Å²) >= 11 is 0. The van der Waals surface area contributed by atoms with Crippen LogP contribution in [0.25, 0.3) is 0 Å². The van der Waals surface area contributed by atoms with E-state index in [0.29, 0.717) is 13.0 Å². The molecule has 36 heavy (non-hydrogen) atoms. The molecule has 212 valence electrons. The minimum absolute atomic E-state index is 0.00972. The van der Waals surface area contributed by atoms with Crippen LogP contribution in [0.15, 0.2) is 0 Å². The lowest BCUT2D eigenvalue weighted by molar-refractivity contribution is -0.354. The van der Waals surface area contributed by atoms with Crippen molar-refractivity contribution in [3.63, 3.8) is 0 Å². The second-order valence-electron chi connectivity index (χ2n) is 9.84. The maximum atomic E-state index is 11.0. The van der Waals surface area contributed by atoms with Crippen molar-refractivity contribution in [3.05, 3.63) is 0 Å². The number of aliphatic hydroxyl groups excluding tert-OH is 6. The highest BCUT2D eigenvalue weighted by Crippen LogP contribution is 2.30. The highest BCUT2D eigenvalue weighted by atomic mass is 16.7. The van der Waals surface area contributed by atoms with Gasteiger partial charge in [-0.3, -0.25) is 0 Å². The first-order chi connectivity index (χ1) is 17.1. The summed E-state index contributed by atoms with van der Waals surface area (Å²) in [5.74, 6) is 0. The molecule has 0 radical (unpaired) electrons. The Morgan fingerprint density at radius 3 is 1.94 bits per heavy atom. The molecule has 8 N–H and O–H groups in total. The largest absolute Gasteiger partial charge is 0.390 e. The molecule has 0 aromatic heterocycles. The van der Waals surface area contributed by atoms with Gasteiger partial charge in [0.15, 0.2) is 18.9 Å². The predicted octanol–water partition coefficient (Wildman–Crippen LogP) is -2.31. The number of aliphatic hydroxyl groups is 6. The maximum absolute atomic E-state index is 11.0. The summed E-state index contributed by atoms with van der Waals surface area (Å²) in [4.78, 5) is 0. The normalized spacial score (nSPS) is 46.1. The smallest absolute Gasteiger partial charge is 0.186 e. The van der Waals surface area contributed by atoms with E-state index in [-0.39, 0.29) is 26.1 Å². The minimum Gasteiger partial charge on any atom is -0.390 e. The summed E-state index contributed by atoms with van der Waals surface area (Å²) < 4.78 is 34.1. The quantitative estimate of drug-likeness (QED) is 0.142. The molecule has 0 amide bonds. The predicted molar refractivity (Wildman–Crippen MR) is 122 cm³/mol. The van der Waals surface area contributed by atoms with E-state index in [4.69, 9.17) is 34.2 Å². The molecule has 13 nitrogen and oxygen atoms in total. The van der Waals surface area contributed by atoms with Gasteiger partial charge in [-0.15, -0.1) is 0 Å². The zero-order valence-electron chi connectivity index (χ0n) is 20.9. The second kappa shape index (κ2) is 14.0. The molecule has 0 spiro atoms. The fraction of sp³-hybridized carbons (Fsp3) is 1.00. The summed E-state index contributed by atoms with van der Waals surface area (Å²) in [6, 6.07) is 0. The molecule has 13 atom stereocenters. The van der Waals surface area contributed by atoms with Gasteiger partial charge in [0.25, 0.3) is 0 Å². The van der Waals surface area contributed by atoms with Crippen LogP contribution in [0.5, 0.6) is 0 Å². The Labute approximate surface area is 211 Å². The van der Waals surface area contributed by atoms with Gasteiger partial charge in [-0.2, -0.15) is 0 Å². The summed E-state index contributed by atoms with van der Waals surface area (Å²) in [5, 5.41) is 62.2. The molecule has 3 aliphatic rings. The van der Waals surface area contributed by atoms with E-state index >= 15 is 0 Å². The van der Waals surface area contributed by atoms with Crippen LogP contribution in [-0.4, -0.2) is 130 Å². The Bertz CT molecular complexity index is 646. The highest BCUT2D eigenvalue weighted by molar-refractivity contribution is 4.92. The summed E-state index contributed by atoms with van der Waals surface area (Å²) in [6.45, 7) is 3.87. The van der Waals surface area contributed by atoms with E-state index in [1.54, 1.807) is 13.8 Å². The molecule has 3 fully saturated rings. The Morgan fingerprint density at radius 1 is 0.694 bits per heavy atom. The highest BCUT2D eigenvalue weighted by Gasteiger charge is 2.49. The SMILES string of the molecule is C[C@H]1O[C@H](OC[C@H]2O[C@H](OCCCCCN)[C@H](O)[C@@H](O[C@H]3O[C@H](C)[C@H](O)C[C@H]3O)[C@@H]2O)[C@H](O)C[C@H]1O. The second-order valence-corrected chi connectivity index (χ2v) is 9.84. The van der Waals surface area contributed by atoms with Crippen molar-refractivity contribution < 1.29 is 59.1 Å². The molecule has 0 aromatic carbocycles. The van der Waals surface area contributed by atoms with Crippen LogP contribution >= 0.6 is 0 Å². The third kappa shape index (κ3) is 7.76. The minimum atomic E-state index is -1.42. The zero-order chi connectivity index (χ0) is 26.4. The van der Waals surface area contributed by atoms with Gasteiger partial charge in [0, 0.05) is 19.4 Å². The zero-order valence-corrected chi connectivity index (χ0v) is 20.9. The molecule has 3 saturated heterocycles. The Balaban J connectivity index is 1.66. The van der Waals surface area contributed by atoms with Gasteiger partial charge in [0.05, 0.1) is 31.0 Å². The van der Waals surface area contributed by atoms with Crippen LogP contribution in [0.4, 0.5) is 0 Å². The van der Waals surface area contributed by atoms with Gasteiger partial charge in [-0.1, -0.05) is 0 Å². The van der Waals surface area contributed by atoms with E-state index in [1.807, 2.05) is 0 Å². The number of hydrogen-bond acceptors (Lipinski definition) is 13. The molecule has 0 aromatic rings. The first-order valence-electron chi connectivity index (χ1n) is 12.8.